The van der Waals surface area contributed by atoms with Crippen LogP contribution in [0, 0.1) is 0 Å². The largest absolute Gasteiger partial charge is 0.383 e. The Morgan fingerprint density at radius 1 is 1.35 bits per heavy atom. The Balaban J connectivity index is 2.34. The highest BCUT2D eigenvalue weighted by atomic mass is 35.5. The number of amides is 1. The van der Waals surface area contributed by atoms with E-state index in [9.17, 15) is 4.79 Å². The number of ether oxygens (including phenoxy) is 1. The molecule has 0 spiro atoms. The Labute approximate surface area is 129 Å². The van der Waals surface area contributed by atoms with Crippen LogP contribution in [-0.4, -0.2) is 32.7 Å². The van der Waals surface area contributed by atoms with Gasteiger partial charge in [0.05, 0.1) is 6.61 Å². The molecule has 0 saturated heterocycles. The summed E-state index contributed by atoms with van der Waals surface area (Å²) in [6.07, 6.45) is 0.409. The van der Waals surface area contributed by atoms with Crippen molar-refractivity contribution < 1.29 is 9.53 Å². The second-order valence-electron chi connectivity index (χ2n) is 4.43. The van der Waals surface area contributed by atoms with Crippen molar-refractivity contribution in [2.24, 2.45) is 0 Å². The molecule has 0 saturated carbocycles. The number of rotatable bonds is 8. The monoisotopic (exact) mass is 318 g/mol. The first-order valence-corrected chi connectivity index (χ1v) is 7.24. The Morgan fingerprint density at radius 3 is 2.80 bits per heavy atom. The van der Waals surface area contributed by atoms with Gasteiger partial charge in [0.2, 0.25) is 5.91 Å². The van der Waals surface area contributed by atoms with E-state index in [1.54, 1.807) is 19.2 Å². The van der Waals surface area contributed by atoms with Gasteiger partial charge in [-0.1, -0.05) is 23.2 Å². The Kier molecular flexibility index (Phi) is 7.92. The molecule has 0 aliphatic heterocycles. The molecule has 0 fully saturated rings. The van der Waals surface area contributed by atoms with Crippen molar-refractivity contribution >= 4 is 29.1 Å². The summed E-state index contributed by atoms with van der Waals surface area (Å²) in [5, 5.41) is 7.33. The second kappa shape index (κ2) is 9.19. The molecule has 20 heavy (non-hydrogen) atoms. The number of halogens is 2. The molecular formula is C14H20Cl2N2O2. The third kappa shape index (κ3) is 6.09. The normalized spacial score (nSPS) is 12.2. The summed E-state index contributed by atoms with van der Waals surface area (Å²) in [7, 11) is 1.60. The zero-order valence-electron chi connectivity index (χ0n) is 11.7. The van der Waals surface area contributed by atoms with Gasteiger partial charge in [-0.25, -0.2) is 0 Å². The molecule has 0 heterocycles. The first kappa shape index (κ1) is 17.2. The van der Waals surface area contributed by atoms with Crippen LogP contribution in [0.15, 0.2) is 18.2 Å². The van der Waals surface area contributed by atoms with Crippen LogP contribution in [0.4, 0.5) is 0 Å². The number of benzene rings is 1. The van der Waals surface area contributed by atoms with Crippen LogP contribution in [0.1, 0.15) is 24.9 Å². The maximum Gasteiger partial charge on any atom is 0.221 e. The first-order chi connectivity index (χ1) is 9.54. The van der Waals surface area contributed by atoms with Gasteiger partial charge in [-0.05, 0) is 30.7 Å². The summed E-state index contributed by atoms with van der Waals surface area (Å²) < 4.78 is 4.86. The predicted molar refractivity (Wildman–Crippen MR) is 82.4 cm³/mol. The lowest BCUT2D eigenvalue weighted by Gasteiger charge is -2.16. The topological polar surface area (TPSA) is 50.4 Å². The summed E-state index contributed by atoms with van der Waals surface area (Å²) in [4.78, 5) is 11.5. The summed E-state index contributed by atoms with van der Waals surface area (Å²) in [5.74, 6) is -0.000981. The van der Waals surface area contributed by atoms with Gasteiger partial charge in [0, 0.05) is 42.7 Å². The molecule has 1 rings (SSSR count). The number of hydrogen-bond acceptors (Lipinski definition) is 3. The standard InChI is InChI=1S/C14H20Cl2N2O2/c1-10(12-9-11(15)3-4-13(12)16)17-6-5-14(19)18-7-8-20-2/h3-4,9-10,17H,5-8H2,1-2H3,(H,18,19). The Morgan fingerprint density at radius 2 is 2.10 bits per heavy atom. The van der Waals surface area contributed by atoms with Crippen molar-refractivity contribution in [2.45, 2.75) is 19.4 Å². The van der Waals surface area contributed by atoms with E-state index >= 15 is 0 Å². The van der Waals surface area contributed by atoms with Crippen LogP contribution < -0.4 is 10.6 Å². The number of hydrogen-bond donors (Lipinski definition) is 2. The minimum atomic E-state index is -0.000981. The predicted octanol–water partition coefficient (Wildman–Crippen LogP) is 2.80. The van der Waals surface area contributed by atoms with E-state index in [-0.39, 0.29) is 11.9 Å². The molecule has 0 radical (unpaired) electrons. The van der Waals surface area contributed by atoms with Crippen molar-refractivity contribution in [1.29, 1.82) is 0 Å². The molecular weight excluding hydrogens is 299 g/mol. The van der Waals surface area contributed by atoms with Gasteiger partial charge in [0.25, 0.3) is 0 Å². The van der Waals surface area contributed by atoms with E-state index in [1.165, 1.54) is 0 Å². The highest BCUT2D eigenvalue weighted by molar-refractivity contribution is 6.33. The van der Waals surface area contributed by atoms with Crippen LogP contribution in [-0.2, 0) is 9.53 Å². The van der Waals surface area contributed by atoms with E-state index in [4.69, 9.17) is 27.9 Å². The zero-order chi connectivity index (χ0) is 15.0. The van der Waals surface area contributed by atoms with Crippen LogP contribution in [0.25, 0.3) is 0 Å². The molecule has 2 N–H and O–H groups in total. The lowest BCUT2D eigenvalue weighted by Crippen LogP contribution is -2.30. The zero-order valence-corrected chi connectivity index (χ0v) is 13.2. The molecule has 6 heteroatoms. The minimum absolute atomic E-state index is 0.000981. The summed E-state index contributed by atoms with van der Waals surface area (Å²) in [5.41, 5.74) is 0.930. The fourth-order valence-corrected chi connectivity index (χ4v) is 2.20. The summed E-state index contributed by atoms with van der Waals surface area (Å²) in [6.45, 7) is 3.61. The van der Waals surface area contributed by atoms with E-state index in [0.29, 0.717) is 36.2 Å². The number of carbonyl (C=O) groups is 1. The van der Waals surface area contributed by atoms with Gasteiger partial charge >= 0.3 is 0 Å². The quantitative estimate of drug-likeness (QED) is 0.725. The van der Waals surface area contributed by atoms with Crippen LogP contribution in [0.3, 0.4) is 0 Å². The van der Waals surface area contributed by atoms with Gasteiger partial charge in [0.1, 0.15) is 0 Å². The van der Waals surface area contributed by atoms with E-state index < -0.39 is 0 Å². The molecule has 1 unspecified atom stereocenters. The molecule has 1 amide bonds. The minimum Gasteiger partial charge on any atom is -0.383 e. The van der Waals surface area contributed by atoms with Gasteiger partial charge < -0.3 is 15.4 Å². The van der Waals surface area contributed by atoms with Crippen molar-refractivity contribution in [1.82, 2.24) is 10.6 Å². The van der Waals surface area contributed by atoms with E-state index in [1.807, 2.05) is 13.0 Å². The molecule has 1 aromatic rings. The lowest BCUT2D eigenvalue weighted by atomic mass is 10.1. The number of methoxy groups -OCH3 is 1. The SMILES string of the molecule is COCCNC(=O)CCNC(C)c1cc(Cl)ccc1Cl. The highest BCUT2D eigenvalue weighted by Crippen LogP contribution is 2.25. The fourth-order valence-electron chi connectivity index (χ4n) is 1.74. The summed E-state index contributed by atoms with van der Waals surface area (Å²) in [6, 6.07) is 5.39. The van der Waals surface area contributed by atoms with Crippen molar-refractivity contribution in [3.05, 3.63) is 33.8 Å². The second-order valence-corrected chi connectivity index (χ2v) is 5.28. The van der Waals surface area contributed by atoms with Crippen LogP contribution >= 0.6 is 23.2 Å². The first-order valence-electron chi connectivity index (χ1n) is 6.48. The molecule has 4 nitrogen and oxygen atoms in total. The van der Waals surface area contributed by atoms with Crippen LogP contribution in [0.5, 0.6) is 0 Å². The van der Waals surface area contributed by atoms with Crippen LogP contribution in [0.2, 0.25) is 10.0 Å². The highest BCUT2D eigenvalue weighted by Gasteiger charge is 2.10. The molecule has 0 aliphatic rings. The molecule has 0 aliphatic carbocycles. The van der Waals surface area contributed by atoms with Gasteiger partial charge in [-0.2, -0.15) is 0 Å². The molecule has 0 aromatic heterocycles. The molecule has 0 bridgehead atoms. The smallest absolute Gasteiger partial charge is 0.221 e. The number of carbonyl (C=O) groups excluding carboxylic acids is 1. The maximum atomic E-state index is 11.5. The molecule has 112 valence electrons. The van der Waals surface area contributed by atoms with Crippen molar-refractivity contribution in [2.75, 3.05) is 26.8 Å². The Hall–Kier alpha value is -0.810. The summed E-state index contributed by atoms with van der Waals surface area (Å²) >= 11 is 12.1. The molecule has 1 atom stereocenters. The maximum absolute atomic E-state index is 11.5. The fraction of sp³-hybridized carbons (Fsp3) is 0.500. The van der Waals surface area contributed by atoms with Gasteiger partial charge in [-0.15, -0.1) is 0 Å². The average molecular weight is 319 g/mol. The third-order valence-electron chi connectivity index (χ3n) is 2.86. The van der Waals surface area contributed by atoms with E-state index in [2.05, 4.69) is 10.6 Å². The lowest BCUT2D eigenvalue weighted by molar-refractivity contribution is -0.121. The number of nitrogens with one attached hydrogen (secondary N) is 2. The Bertz CT molecular complexity index is 441. The van der Waals surface area contributed by atoms with Crippen molar-refractivity contribution in [3.8, 4) is 0 Å². The third-order valence-corrected chi connectivity index (χ3v) is 3.43. The van der Waals surface area contributed by atoms with Gasteiger partial charge in [-0.3, -0.25) is 4.79 Å². The van der Waals surface area contributed by atoms with Crippen molar-refractivity contribution in [3.63, 3.8) is 0 Å². The van der Waals surface area contributed by atoms with Gasteiger partial charge in [0.15, 0.2) is 0 Å². The van der Waals surface area contributed by atoms with E-state index in [0.717, 1.165) is 5.56 Å². The average Bonchev–Trinajstić information content (AvgIpc) is 2.41. The molecule has 1 aromatic carbocycles.